The summed E-state index contributed by atoms with van der Waals surface area (Å²) in [4.78, 5) is 29.3. The Hall–Kier alpha value is -2.19. The molecule has 7 nitrogen and oxygen atoms in total. The van der Waals surface area contributed by atoms with Crippen molar-refractivity contribution in [2.75, 3.05) is 13.1 Å². The van der Waals surface area contributed by atoms with E-state index in [0.29, 0.717) is 30.6 Å². The van der Waals surface area contributed by atoms with E-state index >= 15 is 0 Å². The van der Waals surface area contributed by atoms with E-state index in [1.54, 1.807) is 11.3 Å². The maximum atomic E-state index is 13.0. The third-order valence-electron chi connectivity index (χ3n) is 6.46. The highest BCUT2D eigenvalue weighted by atomic mass is 32.1. The number of carbonyl (C=O) groups excluding carboxylic acids is 1. The topological polar surface area (TPSA) is 71.6 Å². The van der Waals surface area contributed by atoms with Gasteiger partial charge in [0, 0.05) is 36.5 Å². The highest BCUT2D eigenvalue weighted by molar-refractivity contribution is 7.19. The van der Waals surface area contributed by atoms with Crippen molar-refractivity contribution in [3.8, 4) is 0 Å². The van der Waals surface area contributed by atoms with E-state index in [2.05, 4.69) is 42.2 Å². The van der Waals surface area contributed by atoms with Gasteiger partial charge >= 0.3 is 0 Å². The summed E-state index contributed by atoms with van der Waals surface area (Å²) in [5, 5.41) is 7.49. The zero-order chi connectivity index (χ0) is 22.1. The van der Waals surface area contributed by atoms with Crippen LogP contribution in [0, 0.1) is 6.92 Å². The number of carbonyl (C=O) groups is 1. The second-order valence-electron chi connectivity index (χ2n) is 8.77. The summed E-state index contributed by atoms with van der Waals surface area (Å²) in [6, 6.07) is 5.24. The zero-order valence-corrected chi connectivity index (χ0v) is 19.8. The Balaban J connectivity index is 1.41. The van der Waals surface area contributed by atoms with E-state index in [-0.39, 0.29) is 18.0 Å². The van der Waals surface area contributed by atoms with Crippen LogP contribution in [-0.2, 0) is 17.8 Å². The molecule has 31 heavy (non-hydrogen) atoms. The minimum absolute atomic E-state index is 0.0449. The zero-order valence-electron chi connectivity index (χ0n) is 19.0. The van der Waals surface area contributed by atoms with Gasteiger partial charge in [0.2, 0.25) is 5.91 Å². The largest absolute Gasteiger partial charge is 0.354 e. The Bertz CT molecular complexity index is 1130. The Morgan fingerprint density at radius 1 is 1.23 bits per heavy atom. The summed E-state index contributed by atoms with van der Waals surface area (Å²) in [7, 11) is 0. The van der Waals surface area contributed by atoms with Gasteiger partial charge in [-0.05, 0) is 52.2 Å². The van der Waals surface area contributed by atoms with Crippen LogP contribution in [0.3, 0.4) is 0 Å². The van der Waals surface area contributed by atoms with Crippen LogP contribution in [0.5, 0.6) is 0 Å². The molecule has 168 valence electrons. The number of rotatable bonds is 7. The van der Waals surface area contributed by atoms with Crippen molar-refractivity contribution in [1.29, 1.82) is 0 Å². The average molecular weight is 444 g/mol. The first-order chi connectivity index (χ1) is 14.9. The van der Waals surface area contributed by atoms with E-state index in [1.807, 2.05) is 17.4 Å². The van der Waals surface area contributed by atoms with Crippen LogP contribution in [0.25, 0.3) is 15.7 Å². The highest BCUT2D eigenvalue weighted by Gasteiger charge is 2.24. The number of hydrogen-bond acceptors (Lipinski definition) is 5. The molecular weight excluding hydrogens is 410 g/mol. The molecule has 0 unspecified atom stereocenters. The first-order valence-electron chi connectivity index (χ1n) is 11.4. The first kappa shape index (κ1) is 22.0. The summed E-state index contributed by atoms with van der Waals surface area (Å²) in [6.07, 6.45) is 5.41. The van der Waals surface area contributed by atoms with Crippen LogP contribution in [0.15, 0.2) is 16.9 Å². The molecule has 1 N–H and O–H groups in total. The Labute approximate surface area is 187 Å². The molecule has 0 saturated carbocycles. The molecule has 1 aliphatic rings. The van der Waals surface area contributed by atoms with E-state index < -0.39 is 0 Å². The molecule has 0 bridgehead atoms. The predicted octanol–water partition coefficient (Wildman–Crippen LogP) is 3.35. The molecule has 0 aliphatic carbocycles. The predicted molar refractivity (Wildman–Crippen MR) is 126 cm³/mol. The monoisotopic (exact) mass is 443 g/mol. The van der Waals surface area contributed by atoms with Crippen LogP contribution in [-0.4, -0.2) is 50.2 Å². The molecule has 3 aromatic heterocycles. The minimum Gasteiger partial charge on any atom is -0.354 e. The molecule has 1 aliphatic heterocycles. The molecule has 0 radical (unpaired) electrons. The summed E-state index contributed by atoms with van der Waals surface area (Å²) in [6.45, 7) is 10.2. The maximum absolute atomic E-state index is 13.0. The fourth-order valence-electron chi connectivity index (χ4n) is 4.85. The SMILES string of the molecule is CCc1nn(CC(=O)NCCCN2[C@H](C)CCC[C@@H]2C)c(=O)c2cc3sc(C)cc3n12. The lowest BCUT2D eigenvalue weighted by atomic mass is 9.97. The fraction of sp³-hybridized carbons (Fsp3) is 0.609. The van der Waals surface area contributed by atoms with E-state index in [9.17, 15) is 9.59 Å². The van der Waals surface area contributed by atoms with Gasteiger partial charge in [-0.2, -0.15) is 5.10 Å². The van der Waals surface area contributed by atoms with Crippen molar-refractivity contribution < 1.29 is 4.79 Å². The van der Waals surface area contributed by atoms with Crippen LogP contribution in [0.2, 0.25) is 0 Å². The average Bonchev–Trinajstić information content (AvgIpc) is 3.25. The summed E-state index contributed by atoms with van der Waals surface area (Å²) >= 11 is 1.67. The normalized spacial score (nSPS) is 20.0. The van der Waals surface area contributed by atoms with Crippen LogP contribution >= 0.6 is 11.3 Å². The van der Waals surface area contributed by atoms with Crippen LogP contribution in [0.1, 0.15) is 57.2 Å². The molecule has 2 atom stereocenters. The number of likely N-dealkylation sites (tertiary alicyclic amines) is 1. The molecule has 1 saturated heterocycles. The number of fused-ring (bicyclic) bond motifs is 3. The molecule has 4 rings (SSSR count). The number of aryl methyl sites for hydroxylation is 2. The summed E-state index contributed by atoms with van der Waals surface area (Å²) in [5.41, 5.74) is 1.40. The lowest BCUT2D eigenvalue weighted by Crippen LogP contribution is -2.45. The van der Waals surface area contributed by atoms with Gasteiger partial charge < -0.3 is 5.32 Å². The number of amides is 1. The number of aromatic nitrogens is 3. The third kappa shape index (κ3) is 4.41. The molecule has 4 heterocycles. The maximum Gasteiger partial charge on any atom is 0.291 e. The Kier molecular flexibility index (Phi) is 6.48. The second kappa shape index (κ2) is 9.12. The summed E-state index contributed by atoms with van der Waals surface area (Å²) in [5.74, 6) is 0.633. The van der Waals surface area contributed by atoms with E-state index in [1.165, 1.54) is 28.8 Å². The van der Waals surface area contributed by atoms with Crippen molar-refractivity contribution in [1.82, 2.24) is 24.4 Å². The van der Waals surface area contributed by atoms with Gasteiger partial charge in [-0.3, -0.25) is 18.9 Å². The number of piperidine rings is 1. The third-order valence-corrected chi connectivity index (χ3v) is 7.45. The molecule has 1 amide bonds. The van der Waals surface area contributed by atoms with E-state index in [0.717, 1.165) is 29.0 Å². The van der Waals surface area contributed by atoms with Crippen molar-refractivity contribution in [3.63, 3.8) is 0 Å². The van der Waals surface area contributed by atoms with Crippen molar-refractivity contribution in [2.45, 2.75) is 78.4 Å². The Morgan fingerprint density at radius 3 is 2.68 bits per heavy atom. The van der Waals surface area contributed by atoms with Gasteiger partial charge in [0.15, 0.2) is 0 Å². The smallest absolute Gasteiger partial charge is 0.291 e. The molecule has 1 fully saturated rings. The molecule has 0 aromatic carbocycles. The van der Waals surface area contributed by atoms with Crippen molar-refractivity contribution >= 4 is 33.0 Å². The number of nitrogens with zero attached hydrogens (tertiary/aromatic N) is 4. The second-order valence-corrected chi connectivity index (χ2v) is 10.1. The van der Waals surface area contributed by atoms with Gasteiger partial charge in [-0.25, -0.2) is 4.68 Å². The molecule has 0 spiro atoms. The lowest BCUT2D eigenvalue weighted by Gasteiger charge is -2.39. The number of hydrogen-bond donors (Lipinski definition) is 1. The summed E-state index contributed by atoms with van der Waals surface area (Å²) < 4.78 is 4.33. The standard InChI is InChI=1S/C23H33N5O2S/c1-5-21-25-27(23(30)19-13-20-18(28(19)21)12-17(4)31-20)14-22(29)24-10-7-11-26-15(2)8-6-9-16(26)3/h12-13,15-16H,5-11,14H2,1-4H3,(H,24,29)/t15-,16+. The first-order valence-corrected chi connectivity index (χ1v) is 12.2. The molecular formula is C23H33N5O2S. The van der Waals surface area contributed by atoms with Gasteiger partial charge in [0.25, 0.3) is 5.56 Å². The minimum atomic E-state index is -0.218. The molecule has 8 heteroatoms. The van der Waals surface area contributed by atoms with Gasteiger partial charge in [0.1, 0.15) is 17.9 Å². The number of nitrogens with one attached hydrogen (secondary N) is 1. The fourth-order valence-corrected chi connectivity index (χ4v) is 5.79. The van der Waals surface area contributed by atoms with Gasteiger partial charge in [-0.15, -0.1) is 11.3 Å². The van der Waals surface area contributed by atoms with Gasteiger partial charge in [0.05, 0.1) is 10.2 Å². The number of thiophene rings is 1. The quantitative estimate of drug-likeness (QED) is 0.569. The van der Waals surface area contributed by atoms with Crippen molar-refractivity contribution in [3.05, 3.63) is 33.2 Å². The molecule has 3 aromatic rings. The van der Waals surface area contributed by atoms with E-state index in [4.69, 9.17) is 0 Å². The van der Waals surface area contributed by atoms with Gasteiger partial charge in [-0.1, -0.05) is 13.3 Å². The van der Waals surface area contributed by atoms with Crippen LogP contribution in [0.4, 0.5) is 0 Å². The van der Waals surface area contributed by atoms with Crippen LogP contribution < -0.4 is 10.9 Å². The Morgan fingerprint density at radius 2 is 1.97 bits per heavy atom. The highest BCUT2D eigenvalue weighted by Crippen LogP contribution is 2.28. The lowest BCUT2D eigenvalue weighted by molar-refractivity contribution is -0.121. The van der Waals surface area contributed by atoms with Crippen molar-refractivity contribution in [2.24, 2.45) is 0 Å².